The number of nitrogens with zero attached hydrogens (tertiary/aromatic N) is 1. The van der Waals surface area contributed by atoms with Crippen molar-refractivity contribution in [2.45, 2.75) is 0 Å². The molecule has 0 bridgehead atoms. The zero-order valence-corrected chi connectivity index (χ0v) is 3.17. The molecule has 0 aromatic carbocycles. The molecule has 0 rings (SSSR count). The number of hydrogen-bond acceptors (Lipinski definition) is 1. The van der Waals surface area contributed by atoms with Crippen LogP contribution in [-0.4, -0.2) is 6.66 Å². The molecule has 0 unspecified atom stereocenters. The highest BCUT2D eigenvalue weighted by molar-refractivity contribution is 7.25. The summed E-state index contributed by atoms with van der Waals surface area (Å²) in [6.07, 6.45) is 0. The highest BCUT2D eigenvalue weighted by Gasteiger charge is 1.40. The number of hydrogen-bond donors (Lipinski definition) is 0. The van der Waals surface area contributed by atoms with E-state index in [0.29, 0.717) is 8.37 Å². The fourth-order valence-electron chi connectivity index (χ4n) is 0. The predicted molar refractivity (Wildman–Crippen MR) is 16.4 cm³/mol. The Kier molecular flexibility index (Phi) is 3.05. The fraction of sp³-hybridized carbons (Fsp3) is 1.00. The highest BCUT2D eigenvalue weighted by atomic mass is 31.1. The van der Waals surface area contributed by atoms with Crippen LogP contribution in [0, 0.1) is 0 Å². The van der Waals surface area contributed by atoms with Crippen LogP contribution in [0.15, 0.2) is 4.97 Å². The lowest BCUT2D eigenvalue weighted by molar-refractivity contribution is 0.550. The molecule has 0 amide bonds. The lowest BCUT2D eigenvalue weighted by Crippen LogP contribution is -1.09. The van der Waals surface area contributed by atoms with Crippen molar-refractivity contribution in [1.82, 2.24) is 0 Å². The van der Waals surface area contributed by atoms with E-state index >= 15 is 0 Å². The average Bonchev–Trinajstić information content (AvgIpc) is 1.37. The van der Waals surface area contributed by atoms with E-state index in [-0.39, 0.29) is 0 Å². The fourth-order valence-corrected chi connectivity index (χ4v) is 0. The van der Waals surface area contributed by atoms with Gasteiger partial charge in [0.25, 0.3) is 0 Å². The van der Waals surface area contributed by atoms with Crippen molar-refractivity contribution in [3.05, 3.63) is 0 Å². The first-order valence-electron chi connectivity index (χ1n) is 0.816. The first-order valence-corrected chi connectivity index (χ1v) is 2.11. The van der Waals surface area contributed by atoms with Crippen LogP contribution in [-0.2, 0) is 0 Å². The lowest BCUT2D eigenvalue weighted by atomic mass is 12.0. The van der Waals surface area contributed by atoms with E-state index in [0.717, 1.165) is 0 Å². The van der Waals surface area contributed by atoms with Gasteiger partial charge in [0, 0.05) is 8.37 Å². The van der Waals surface area contributed by atoms with Gasteiger partial charge in [0.1, 0.15) is 0 Å². The Bertz CT molecular complexity index is 23.2. The Balaban J connectivity index is 2.55. The van der Waals surface area contributed by atoms with Gasteiger partial charge in [-0.1, -0.05) is 9.45 Å². The van der Waals surface area contributed by atoms with Crippen molar-refractivity contribution >= 4 is 8.37 Å². The van der Waals surface area contributed by atoms with E-state index in [1.807, 2.05) is 0 Å². The molecule has 24 valence electrons. The molecule has 0 aliphatic rings. The molecule has 0 spiro atoms. The molecule has 0 heterocycles. The van der Waals surface area contributed by atoms with Crippen molar-refractivity contribution < 1.29 is 4.48 Å². The molecule has 0 atom stereocenters. The van der Waals surface area contributed by atoms with E-state index in [4.69, 9.17) is 0 Å². The molecule has 0 saturated carbocycles. The largest absolute Gasteiger partial charge is 0.0720 e. The Morgan fingerprint density at radius 3 is 2.25 bits per heavy atom. The number of rotatable bonds is 0. The summed E-state index contributed by atoms with van der Waals surface area (Å²) in [4.78, 5) is 2.21. The first-order chi connectivity index (χ1) is 1.91. The first kappa shape index (κ1) is 4.03. The SMILES string of the molecule is CP=NF. The summed E-state index contributed by atoms with van der Waals surface area (Å²) in [5.74, 6) is 0. The van der Waals surface area contributed by atoms with Crippen molar-refractivity contribution in [3.63, 3.8) is 0 Å². The topological polar surface area (TPSA) is 12.4 Å². The molecule has 1 nitrogen and oxygen atoms in total. The van der Waals surface area contributed by atoms with Gasteiger partial charge in [-0.05, 0) is 6.66 Å². The number of halogens is 1. The minimum atomic E-state index is 0.457. The van der Waals surface area contributed by atoms with Gasteiger partial charge in [-0.15, -0.1) is 0 Å². The minimum Gasteiger partial charge on any atom is -0.0720 e. The van der Waals surface area contributed by atoms with Crippen molar-refractivity contribution in [3.8, 4) is 0 Å². The predicted octanol–water partition coefficient (Wildman–Crippen LogP) is 1.63. The summed E-state index contributed by atoms with van der Waals surface area (Å²) in [5.41, 5.74) is 0. The van der Waals surface area contributed by atoms with E-state index in [9.17, 15) is 4.48 Å². The molecule has 0 aliphatic carbocycles. The Morgan fingerprint density at radius 2 is 2.25 bits per heavy atom. The molecule has 0 aromatic heterocycles. The maximum absolute atomic E-state index is 10.3. The summed E-state index contributed by atoms with van der Waals surface area (Å²) >= 11 is 0. The third-order valence-corrected chi connectivity index (χ3v) is 0.227. The Morgan fingerprint density at radius 1 is 2.00 bits per heavy atom. The molecule has 3 heteroatoms. The molecule has 0 aliphatic heterocycles. The van der Waals surface area contributed by atoms with E-state index in [1.165, 1.54) is 0 Å². The van der Waals surface area contributed by atoms with Gasteiger partial charge in [0.05, 0.1) is 0 Å². The highest BCUT2D eigenvalue weighted by Crippen LogP contribution is 1.86. The molecular formula is CH3FNP. The van der Waals surface area contributed by atoms with Gasteiger partial charge in [0.15, 0.2) is 0 Å². The van der Waals surface area contributed by atoms with Crippen LogP contribution in [0.25, 0.3) is 0 Å². The van der Waals surface area contributed by atoms with Crippen LogP contribution in [0.3, 0.4) is 0 Å². The van der Waals surface area contributed by atoms with E-state index < -0.39 is 0 Å². The lowest BCUT2D eigenvalue weighted by Gasteiger charge is -1.44. The van der Waals surface area contributed by atoms with Gasteiger partial charge in [-0.3, -0.25) is 0 Å². The van der Waals surface area contributed by atoms with Crippen molar-refractivity contribution in [2.75, 3.05) is 6.66 Å². The van der Waals surface area contributed by atoms with Crippen LogP contribution >= 0.6 is 8.37 Å². The molecular weight excluding hydrogens is 76.0 g/mol. The average molecular weight is 79.0 g/mol. The minimum absolute atomic E-state index is 0.457. The zero-order valence-electron chi connectivity index (χ0n) is 2.27. The zero-order chi connectivity index (χ0) is 3.41. The van der Waals surface area contributed by atoms with Crippen molar-refractivity contribution in [2.24, 2.45) is 4.97 Å². The molecule has 0 radical (unpaired) electrons. The molecule has 0 saturated heterocycles. The quantitative estimate of drug-likeness (QED) is 0.391. The standard InChI is InChI=1S/CH3FNP/c1-4-3-2/h1H3. The van der Waals surface area contributed by atoms with Crippen LogP contribution in [0.2, 0.25) is 0 Å². The summed E-state index contributed by atoms with van der Waals surface area (Å²) in [6, 6.07) is 0. The molecule has 0 aromatic rings. The van der Waals surface area contributed by atoms with Crippen molar-refractivity contribution in [1.29, 1.82) is 0 Å². The van der Waals surface area contributed by atoms with Crippen LogP contribution < -0.4 is 0 Å². The monoisotopic (exact) mass is 79.0 g/mol. The summed E-state index contributed by atoms with van der Waals surface area (Å²) in [5, 5.41) is 0. The van der Waals surface area contributed by atoms with Gasteiger partial charge in [0.2, 0.25) is 0 Å². The third kappa shape index (κ3) is 2.03. The van der Waals surface area contributed by atoms with E-state index in [1.54, 1.807) is 6.66 Å². The molecule has 0 fully saturated rings. The van der Waals surface area contributed by atoms with Crippen LogP contribution in [0.1, 0.15) is 0 Å². The van der Waals surface area contributed by atoms with Crippen LogP contribution in [0.5, 0.6) is 0 Å². The van der Waals surface area contributed by atoms with Gasteiger partial charge >= 0.3 is 0 Å². The summed E-state index contributed by atoms with van der Waals surface area (Å²) in [7, 11) is 0.457. The second kappa shape index (κ2) is 3.03. The Hall–Kier alpha value is 0.0300. The Labute approximate surface area is 25.7 Å². The maximum Gasteiger partial charge on any atom is 0.0428 e. The second-order valence-electron chi connectivity index (χ2n) is 0.276. The molecule has 0 N–H and O–H groups in total. The van der Waals surface area contributed by atoms with Crippen LogP contribution in [0.4, 0.5) is 4.48 Å². The van der Waals surface area contributed by atoms with Gasteiger partial charge < -0.3 is 0 Å². The third-order valence-electron chi connectivity index (χ3n) is 0.0756. The normalized spacial score (nSPS) is 9.50. The summed E-state index contributed by atoms with van der Waals surface area (Å²) in [6.45, 7) is 1.61. The van der Waals surface area contributed by atoms with Gasteiger partial charge in [-0.2, -0.15) is 0 Å². The van der Waals surface area contributed by atoms with Gasteiger partial charge in [-0.25, -0.2) is 0 Å². The van der Waals surface area contributed by atoms with E-state index in [2.05, 4.69) is 4.97 Å². The smallest absolute Gasteiger partial charge is 0.0428 e. The second-order valence-corrected chi connectivity index (χ2v) is 0.827. The maximum atomic E-state index is 10.3. The summed E-state index contributed by atoms with van der Waals surface area (Å²) < 4.78 is 10.3. The molecule has 4 heavy (non-hydrogen) atoms.